The van der Waals surface area contributed by atoms with Gasteiger partial charge in [0.25, 0.3) is 5.91 Å². The summed E-state index contributed by atoms with van der Waals surface area (Å²) in [5, 5.41) is 0. The van der Waals surface area contributed by atoms with Gasteiger partial charge >= 0.3 is 0 Å². The SMILES string of the molecule is CN(C)CCN(C[C@@H]1CCCO1)C(=O)c1ccncc1. The van der Waals surface area contributed by atoms with Gasteiger partial charge in [-0.05, 0) is 39.1 Å². The molecular weight excluding hydrogens is 254 g/mol. The summed E-state index contributed by atoms with van der Waals surface area (Å²) < 4.78 is 5.66. The number of pyridine rings is 1. The third-order valence-electron chi connectivity index (χ3n) is 3.48. The normalized spacial score (nSPS) is 18.4. The van der Waals surface area contributed by atoms with Gasteiger partial charge in [-0.3, -0.25) is 9.78 Å². The minimum Gasteiger partial charge on any atom is -0.376 e. The molecule has 1 aliphatic heterocycles. The number of rotatable bonds is 6. The Kier molecular flexibility index (Phi) is 5.49. The Bertz CT molecular complexity index is 416. The Morgan fingerprint density at radius 3 is 2.70 bits per heavy atom. The topological polar surface area (TPSA) is 45.7 Å². The lowest BCUT2D eigenvalue weighted by Gasteiger charge is -2.27. The summed E-state index contributed by atoms with van der Waals surface area (Å²) in [5.41, 5.74) is 0.691. The van der Waals surface area contributed by atoms with Crippen molar-refractivity contribution >= 4 is 5.91 Å². The largest absolute Gasteiger partial charge is 0.376 e. The second kappa shape index (κ2) is 7.36. The first kappa shape index (κ1) is 14.9. The van der Waals surface area contributed by atoms with E-state index in [4.69, 9.17) is 4.74 Å². The molecular formula is C15H23N3O2. The first-order chi connectivity index (χ1) is 9.66. The van der Waals surface area contributed by atoms with Gasteiger partial charge in [-0.15, -0.1) is 0 Å². The van der Waals surface area contributed by atoms with E-state index in [0.29, 0.717) is 18.7 Å². The summed E-state index contributed by atoms with van der Waals surface area (Å²) in [7, 11) is 4.03. The molecule has 20 heavy (non-hydrogen) atoms. The first-order valence-electron chi connectivity index (χ1n) is 7.12. The van der Waals surface area contributed by atoms with Gasteiger partial charge < -0.3 is 14.5 Å². The molecule has 0 unspecified atom stereocenters. The van der Waals surface area contributed by atoms with Gasteiger partial charge in [0.1, 0.15) is 0 Å². The molecule has 0 N–H and O–H groups in total. The van der Waals surface area contributed by atoms with Crippen LogP contribution in [0, 0.1) is 0 Å². The molecule has 2 heterocycles. The van der Waals surface area contributed by atoms with Crippen molar-refractivity contribution < 1.29 is 9.53 Å². The lowest BCUT2D eigenvalue weighted by atomic mass is 10.2. The number of carbonyl (C=O) groups excluding carboxylic acids is 1. The number of hydrogen-bond acceptors (Lipinski definition) is 4. The van der Waals surface area contributed by atoms with E-state index >= 15 is 0 Å². The van der Waals surface area contributed by atoms with Crippen LogP contribution in [0.5, 0.6) is 0 Å². The average molecular weight is 277 g/mol. The Morgan fingerprint density at radius 2 is 2.10 bits per heavy atom. The Balaban J connectivity index is 2.02. The maximum absolute atomic E-state index is 12.6. The summed E-state index contributed by atoms with van der Waals surface area (Å²) >= 11 is 0. The van der Waals surface area contributed by atoms with Crippen molar-refractivity contribution in [2.24, 2.45) is 0 Å². The van der Waals surface area contributed by atoms with Gasteiger partial charge in [-0.25, -0.2) is 0 Å². The smallest absolute Gasteiger partial charge is 0.254 e. The van der Waals surface area contributed by atoms with Gasteiger partial charge in [0.2, 0.25) is 0 Å². The molecule has 1 saturated heterocycles. The molecule has 5 heteroatoms. The van der Waals surface area contributed by atoms with Gasteiger partial charge in [0.15, 0.2) is 0 Å². The molecule has 0 spiro atoms. The second-order valence-corrected chi connectivity index (χ2v) is 5.43. The highest BCUT2D eigenvalue weighted by atomic mass is 16.5. The van der Waals surface area contributed by atoms with Crippen LogP contribution in [0.25, 0.3) is 0 Å². The first-order valence-corrected chi connectivity index (χ1v) is 7.12. The summed E-state index contributed by atoms with van der Waals surface area (Å²) in [6.07, 6.45) is 5.63. The quantitative estimate of drug-likeness (QED) is 0.785. The summed E-state index contributed by atoms with van der Waals surface area (Å²) in [6, 6.07) is 3.53. The fourth-order valence-corrected chi connectivity index (χ4v) is 2.31. The molecule has 1 aromatic heterocycles. The van der Waals surface area contributed by atoms with Crippen molar-refractivity contribution in [1.29, 1.82) is 0 Å². The Morgan fingerprint density at radius 1 is 1.35 bits per heavy atom. The zero-order valence-electron chi connectivity index (χ0n) is 12.3. The molecule has 1 amide bonds. The van der Waals surface area contributed by atoms with E-state index in [1.807, 2.05) is 19.0 Å². The maximum Gasteiger partial charge on any atom is 0.254 e. The van der Waals surface area contributed by atoms with Gasteiger partial charge in [0, 0.05) is 44.2 Å². The van der Waals surface area contributed by atoms with Gasteiger partial charge in [-0.1, -0.05) is 0 Å². The van der Waals surface area contributed by atoms with E-state index in [2.05, 4.69) is 9.88 Å². The van der Waals surface area contributed by atoms with Crippen LogP contribution < -0.4 is 0 Å². The van der Waals surface area contributed by atoms with Crippen molar-refractivity contribution in [2.45, 2.75) is 18.9 Å². The van der Waals surface area contributed by atoms with Crippen LogP contribution in [-0.4, -0.2) is 67.1 Å². The predicted octanol–water partition coefficient (Wildman–Crippen LogP) is 1.26. The van der Waals surface area contributed by atoms with E-state index in [-0.39, 0.29) is 12.0 Å². The van der Waals surface area contributed by atoms with E-state index in [0.717, 1.165) is 26.0 Å². The van der Waals surface area contributed by atoms with Crippen LogP contribution in [0.15, 0.2) is 24.5 Å². The van der Waals surface area contributed by atoms with E-state index in [1.165, 1.54) is 0 Å². The van der Waals surface area contributed by atoms with Crippen LogP contribution in [0.3, 0.4) is 0 Å². The van der Waals surface area contributed by atoms with Crippen molar-refractivity contribution in [1.82, 2.24) is 14.8 Å². The highest BCUT2D eigenvalue weighted by Gasteiger charge is 2.23. The maximum atomic E-state index is 12.6. The van der Waals surface area contributed by atoms with Crippen LogP contribution in [0.1, 0.15) is 23.2 Å². The molecule has 5 nitrogen and oxygen atoms in total. The van der Waals surface area contributed by atoms with Crippen LogP contribution >= 0.6 is 0 Å². The third-order valence-corrected chi connectivity index (χ3v) is 3.48. The molecule has 0 saturated carbocycles. The molecule has 0 aromatic carbocycles. The summed E-state index contributed by atoms with van der Waals surface area (Å²) in [5.74, 6) is 0.0600. The van der Waals surface area contributed by atoms with Crippen molar-refractivity contribution in [2.75, 3.05) is 40.3 Å². The lowest BCUT2D eigenvalue weighted by molar-refractivity contribution is 0.0512. The highest BCUT2D eigenvalue weighted by Crippen LogP contribution is 2.15. The number of hydrogen-bond donors (Lipinski definition) is 0. The van der Waals surface area contributed by atoms with Crippen molar-refractivity contribution in [3.8, 4) is 0 Å². The molecule has 1 fully saturated rings. The van der Waals surface area contributed by atoms with E-state index < -0.39 is 0 Å². The molecule has 0 aliphatic carbocycles. The predicted molar refractivity (Wildman–Crippen MR) is 77.7 cm³/mol. The van der Waals surface area contributed by atoms with E-state index in [9.17, 15) is 4.79 Å². The molecule has 1 atom stereocenters. The van der Waals surface area contributed by atoms with Crippen LogP contribution in [-0.2, 0) is 4.74 Å². The summed E-state index contributed by atoms with van der Waals surface area (Å²) in [6.45, 7) is 3.06. The number of likely N-dealkylation sites (N-methyl/N-ethyl adjacent to an activating group) is 1. The number of amides is 1. The van der Waals surface area contributed by atoms with Gasteiger partial charge in [-0.2, -0.15) is 0 Å². The number of aromatic nitrogens is 1. The number of ether oxygens (including phenoxy) is 1. The van der Waals surface area contributed by atoms with Crippen LogP contribution in [0.4, 0.5) is 0 Å². The standard InChI is InChI=1S/C15H23N3O2/c1-17(2)9-10-18(12-14-4-3-11-20-14)15(19)13-5-7-16-8-6-13/h5-8,14H,3-4,9-12H2,1-2H3/t14-/m0/s1. The number of carbonyl (C=O) groups is 1. The Hall–Kier alpha value is -1.46. The Labute approximate surface area is 120 Å². The lowest BCUT2D eigenvalue weighted by Crippen LogP contribution is -2.41. The molecule has 0 radical (unpaired) electrons. The van der Waals surface area contributed by atoms with E-state index in [1.54, 1.807) is 24.5 Å². The zero-order valence-corrected chi connectivity index (χ0v) is 12.3. The fourth-order valence-electron chi connectivity index (χ4n) is 2.31. The third kappa shape index (κ3) is 4.28. The summed E-state index contributed by atoms with van der Waals surface area (Å²) in [4.78, 5) is 20.5. The fraction of sp³-hybridized carbons (Fsp3) is 0.600. The number of nitrogens with zero attached hydrogens (tertiary/aromatic N) is 3. The van der Waals surface area contributed by atoms with Crippen molar-refractivity contribution in [3.63, 3.8) is 0 Å². The molecule has 2 rings (SSSR count). The molecule has 1 aromatic rings. The monoisotopic (exact) mass is 277 g/mol. The van der Waals surface area contributed by atoms with Gasteiger partial charge in [0.05, 0.1) is 6.10 Å². The zero-order chi connectivity index (χ0) is 14.4. The minimum absolute atomic E-state index is 0.0600. The van der Waals surface area contributed by atoms with Crippen molar-refractivity contribution in [3.05, 3.63) is 30.1 Å². The molecule has 1 aliphatic rings. The molecule has 110 valence electrons. The average Bonchev–Trinajstić information content (AvgIpc) is 2.96. The minimum atomic E-state index is 0.0600. The second-order valence-electron chi connectivity index (χ2n) is 5.43. The van der Waals surface area contributed by atoms with Crippen LogP contribution in [0.2, 0.25) is 0 Å². The molecule has 0 bridgehead atoms. The highest BCUT2D eigenvalue weighted by molar-refractivity contribution is 5.94.